The molecule has 0 aliphatic heterocycles. The summed E-state index contributed by atoms with van der Waals surface area (Å²) < 4.78 is 34.4. The van der Waals surface area contributed by atoms with Gasteiger partial charge in [0, 0.05) is 18.5 Å². The largest absolute Gasteiger partial charge is 0.441 e. The van der Waals surface area contributed by atoms with Crippen LogP contribution in [0, 0.1) is 17.0 Å². The van der Waals surface area contributed by atoms with Crippen molar-refractivity contribution in [2.24, 2.45) is 5.41 Å². The second-order valence-electron chi connectivity index (χ2n) is 10.9. The van der Waals surface area contributed by atoms with Gasteiger partial charge in [0.1, 0.15) is 29.2 Å². The number of halogens is 2. The summed E-state index contributed by atoms with van der Waals surface area (Å²) in [7, 11) is 0. The molecule has 1 saturated carbocycles. The summed E-state index contributed by atoms with van der Waals surface area (Å²) in [5.41, 5.74) is 0.00918. The van der Waals surface area contributed by atoms with Crippen molar-refractivity contribution in [1.29, 1.82) is 0 Å². The van der Waals surface area contributed by atoms with E-state index in [1.54, 1.807) is 24.8 Å². The number of nitrogens with zero attached hydrogens (tertiary/aromatic N) is 4. The van der Waals surface area contributed by atoms with Crippen molar-refractivity contribution < 1.29 is 23.1 Å². The van der Waals surface area contributed by atoms with Crippen LogP contribution in [0.25, 0.3) is 11.3 Å². The molecule has 2 atom stereocenters. The van der Waals surface area contributed by atoms with Crippen molar-refractivity contribution in [2.45, 2.75) is 64.4 Å². The molecular weight excluding hydrogens is 466 g/mol. The number of benzene rings is 1. The summed E-state index contributed by atoms with van der Waals surface area (Å²) in [6.07, 6.45) is 2.98. The number of carbonyl (C=O) groups excluding carboxylic acids is 1. The van der Waals surface area contributed by atoms with Gasteiger partial charge in [0.15, 0.2) is 0 Å². The molecule has 0 saturated heterocycles. The Kier molecular flexibility index (Phi) is 5.55. The van der Waals surface area contributed by atoms with Crippen molar-refractivity contribution in [1.82, 2.24) is 20.1 Å². The van der Waals surface area contributed by atoms with E-state index >= 15 is 0 Å². The molecule has 5 rings (SSSR count). The molecule has 2 aliphatic carbocycles. The molecule has 2 aromatic heterocycles. The van der Waals surface area contributed by atoms with Crippen molar-refractivity contribution in [3.8, 4) is 11.3 Å². The monoisotopic (exact) mass is 496 g/mol. The third kappa shape index (κ3) is 3.47. The number of rotatable bonds is 6. The fourth-order valence-electron chi connectivity index (χ4n) is 6.08. The zero-order chi connectivity index (χ0) is 26.0. The van der Waals surface area contributed by atoms with Crippen LogP contribution in [0.3, 0.4) is 0 Å². The van der Waals surface area contributed by atoms with Gasteiger partial charge in [-0.3, -0.25) is 4.79 Å². The Balaban J connectivity index is 1.52. The minimum Gasteiger partial charge on any atom is -0.441 e. The van der Waals surface area contributed by atoms with Gasteiger partial charge in [-0.1, -0.05) is 19.9 Å². The van der Waals surface area contributed by atoms with E-state index in [1.165, 1.54) is 24.5 Å². The van der Waals surface area contributed by atoms with Crippen LogP contribution in [-0.4, -0.2) is 44.2 Å². The normalized spacial score (nSPS) is 22.1. The summed E-state index contributed by atoms with van der Waals surface area (Å²) in [6, 6.07) is 5.51. The van der Waals surface area contributed by atoms with Crippen LogP contribution in [0.5, 0.6) is 0 Å². The lowest BCUT2D eigenvalue weighted by molar-refractivity contribution is 0.0613. The number of aromatic nitrogens is 3. The van der Waals surface area contributed by atoms with E-state index in [0.29, 0.717) is 13.1 Å². The second-order valence-corrected chi connectivity index (χ2v) is 10.9. The molecular formula is C27H30F2N4O3. The van der Waals surface area contributed by atoms with E-state index in [1.807, 2.05) is 6.92 Å². The quantitative estimate of drug-likeness (QED) is 0.519. The number of oxazole rings is 1. The lowest BCUT2D eigenvalue weighted by atomic mass is 9.68. The molecule has 36 heavy (non-hydrogen) atoms. The standard InChI is InChI=1S/C27H30F2N4O3/c1-6-33(24(34)23-30-20(13-36-23)26(4,5)35)14-27-11-10-16(25(27,2)3)15-12-19(31-32-22(15)27)21-17(28)8-7-9-18(21)29/h7-9,12-13,16,35H,6,10-11,14H2,1-5H3/t16-,27-/m0/s1. The average Bonchev–Trinajstić information content (AvgIpc) is 3.45. The Morgan fingerprint density at radius 2 is 1.94 bits per heavy atom. The van der Waals surface area contributed by atoms with E-state index < -0.39 is 22.7 Å². The molecule has 0 unspecified atom stereocenters. The van der Waals surface area contributed by atoms with E-state index in [9.17, 15) is 18.7 Å². The van der Waals surface area contributed by atoms with E-state index in [-0.39, 0.29) is 40.1 Å². The van der Waals surface area contributed by atoms with Crippen LogP contribution in [0.1, 0.15) is 81.0 Å². The number of hydrogen-bond donors (Lipinski definition) is 1. The van der Waals surface area contributed by atoms with Gasteiger partial charge in [-0.2, -0.15) is 10.2 Å². The molecule has 1 amide bonds. The van der Waals surface area contributed by atoms with Crippen molar-refractivity contribution >= 4 is 5.91 Å². The maximum atomic E-state index is 14.5. The van der Waals surface area contributed by atoms with Gasteiger partial charge < -0.3 is 14.4 Å². The fourth-order valence-corrected chi connectivity index (χ4v) is 6.08. The van der Waals surface area contributed by atoms with Gasteiger partial charge in [0.25, 0.3) is 5.89 Å². The Labute approximate surface area is 208 Å². The average molecular weight is 497 g/mol. The lowest BCUT2D eigenvalue weighted by Gasteiger charge is -2.41. The number of aliphatic hydroxyl groups is 1. The summed E-state index contributed by atoms with van der Waals surface area (Å²) in [5, 5.41) is 19.0. The van der Waals surface area contributed by atoms with Gasteiger partial charge in [0.2, 0.25) is 0 Å². The number of fused-ring (bicyclic) bond motifs is 5. The van der Waals surface area contributed by atoms with Gasteiger partial charge in [0.05, 0.1) is 17.0 Å². The summed E-state index contributed by atoms with van der Waals surface area (Å²) in [4.78, 5) is 19.3. The molecule has 9 heteroatoms. The summed E-state index contributed by atoms with van der Waals surface area (Å²) >= 11 is 0. The van der Waals surface area contributed by atoms with Crippen LogP contribution in [0.2, 0.25) is 0 Å². The SMILES string of the molecule is CCN(C[C@@]12CC[C@@H](c3cc(-c4c(F)cccc4F)nnc31)C2(C)C)C(=O)c1nc(C(C)(C)O)co1. The van der Waals surface area contributed by atoms with Crippen molar-refractivity contribution in [3.05, 3.63) is 65.0 Å². The smallest absolute Gasteiger partial charge is 0.309 e. The fraction of sp³-hybridized carbons (Fsp3) is 0.481. The number of carbonyl (C=O) groups is 1. The van der Waals surface area contributed by atoms with E-state index in [0.717, 1.165) is 24.1 Å². The Morgan fingerprint density at radius 1 is 1.25 bits per heavy atom. The first-order valence-corrected chi connectivity index (χ1v) is 12.2. The molecule has 3 aromatic rings. The molecule has 2 aliphatic rings. The number of amides is 1. The predicted molar refractivity (Wildman–Crippen MR) is 128 cm³/mol. The minimum atomic E-state index is -1.23. The predicted octanol–water partition coefficient (Wildman–Crippen LogP) is 4.95. The second kappa shape index (κ2) is 8.16. The van der Waals surface area contributed by atoms with Gasteiger partial charge >= 0.3 is 5.91 Å². The highest BCUT2D eigenvalue weighted by molar-refractivity contribution is 5.89. The zero-order valence-corrected chi connectivity index (χ0v) is 21.1. The minimum absolute atomic E-state index is 0.0765. The molecule has 190 valence electrons. The molecule has 7 nitrogen and oxygen atoms in total. The summed E-state index contributed by atoms with van der Waals surface area (Å²) in [6.45, 7) is 10.2. The maximum absolute atomic E-state index is 14.5. The Hall–Kier alpha value is -3.20. The van der Waals surface area contributed by atoms with E-state index in [4.69, 9.17) is 4.42 Å². The van der Waals surface area contributed by atoms with Crippen LogP contribution in [0.4, 0.5) is 8.78 Å². The first kappa shape index (κ1) is 24.5. The number of hydrogen-bond acceptors (Lipinski definition) is 6. The molecule has 2 bridgehead atoms. The number of likely N-dealkylation sites (N-methyl/N-ethyl adjacent to an activating group) is 1. The van der Waals surface area contributed by atoms with Crippen molar-refractivity contribution in [3.63, 3.8) is 0 Å². The third-order valence-electron chi connectivity index (χ3n) is 8.28. The Bertz CT molecular complexity index is 1330. The highest BCUT2D eigenvalue weighted by Gasteiger charge is 2.64. The van der Waals surface area contributed by atoms with Gasteiger partial charge in [-0.25, -0.2) is 13.8 Å². The molecule has 1 aromatic carbocycles. The highest BCUT2D eigenvalue weighted by atomic mass is 19.1. The van der Waals surface area contributed by atoms with Gasteiger partial charge in [-0.05, 0) is 68.7 Å². The van der Waals surface area contributed by atoms with Crippen LogP contribution in [-0.2, 0) is 11.0 Å². The lowest BCUT2D eigenvalue weighted by Crippen LogP contribution is -2.48. The highest BCUT2D eigenvalue weighted by Crippen LogP contribution is 2.67. The summed E-state index contributed by atoms with van der Waals surface area (Å²) in [5.74, 6) is -1.68. The van der Waals surface area contributed by atoms with Crippen LogP contribution >= 0.6 is 0 Å². The van der Waals surface area contributed by atoms with E-state index in [2.05, 4.69) is 29.0 Å². The molecule has 1 fully saturated rings. The van der Waals surface area contributed by atoms with Crippen molar-refractivity contribution in [2.75, 3.05) is 13.1 Å². The first-order chi connectivity index (χ1) is 16.9. The van der Waals surface area contributed by atoms with Gasteiger partial charge in [-0.15, -0.1) is 0 Å². The Morgan fingerprint density at radius 3 is 2.56 bits per heavy atom. The topological polar surface area (TPSA) is 92.4 Å². The first-order valence-electron chi connectivity index (χ1n) is 12.2. The van der Waals surface area contributed by atoms with Crippen LogP contribution in [0.15, 0.2) is 34.9 Å². The third-order valence-corrected chi connectivity index (χ3v) is 8.28. The zero-order valence-electron chi connectivity index (χ0n) is 21.1. The molecule has 2 heterocycles. The maximum Gasteiger partial charge on any atom is 0.309 e. The molecule has 0 spiro atoms. The molecule has 1 N–H and O–H groups in total. The molecule has 0 radical (unpaired) electrons. The van der Waals surface area contributed by atoms with Crippen LogP contribution < -0.4 is 0 Å².